The number of benzene rings is 1. The third-order valence-electron chi connectivity index (χ3n) is 2.02. The fraction of sp³-hybridized carbons (Fsp3) is 0.0909. The molecule has 0 saturated heterocycles. The molecule has 4 heteroatoms. The lowest BCUT2D eigenvalue weighted by molar-refractivity contribution is 0.114. The lowest BCUT2D eigenvalue weighted by atomic mass is 10.1. The van der Waals surface area contributed by atoms with Crippen molar-refractivity contribution in [1.82, 2.24) is 0 Å². The van der Waals surface area contributed by atoms with Crippen LogP contribution in [0, 0.1) is 0 Å². The van der Waals surface area contributed by atoms with Gasteiger partial charge in [-0.25, -0.2) is 0 Å². The van der Waals surface area contributed by atoms with E-state index in [1.165, 1.54) is 12.1 Å². The molecule has 0 atom stereocenters. The molecule has 0 N–H and O–H groups in total. The summed E-state index contributed by atoms with van der Waals surface area (Å²) in [6, 6.07) is 9.47. The van der Waals surface area contributed by atoms with Gasteiger partial charge in [0.2, 0.25) is 0 Å². The van der Waals surface area contributed by atoms with Crippen LogP contribution in [0.2, 0.25) is 0 Å². The summed E-state index contributed by atoms with van der Waals surface area (Å²) in [4.78, 5) is -2.98. The van der Waals surface area contributed by atoms with E-state index >= 15 is 0 Å². The van der Waals surface area contributed by atoms with E-state index < -0.39 is 4.83 Å². The van der Waals surface area contributed by atoms with Gasteiger partial charge in [0.15, 0.2) is 0 Å². The first-order valence-corrected chi connectivity index (χ1v) is 5.08. The molecule has 0 unspecified atom stereocenters. The van der Waals surface area contributed by atoms with E-state index in [1.54, 1.807) is 30.5 Å². The van der Waals surface area contributed by atoms with Gasteiger partial charge < -0.3 is 4.42 Å². The maximum absolute atomic E-state index is 12.8. The van der Waals surface area contributed by atoms with E-state index in [1.807, 2.05) is 0 Å². The van der Waals surface area contributed by atoms with Crippen molar-refractivity contribution in [3.63, 3.8) is 0 Å². The van der Waals surface area contributed by atoms with Crippen LogP contribution >= 0.6 is 15.9 Å². The van der Waals surface area contributed by atoms with Crippen LogP contribution < -0.4 is 0 Å². The van der Waals surface area contributed by atoms with Gasteiger partial charge in [0.1, 0.15) is 5.76 Å². The Bertz CT molecular complexity index is 429. The zero-order chi connectivity index (χ0) is 10.9. The molecule has 1 aromatic heterocycles. The molecule has 0 fully saturated rings. The molecule has 0 radical (unpaired) electrons. The predicted octanol–water partition coefficient (Wildman–Crippen LogP) is 4.39. The second kappa shape index (κ2) is 3.77. The second-order valence-corrected chi connectivity index (χ2v) is 4.05. The van der Waals surface area contributed by atoms with Gasteiger partial charge in [0.25, 0.3) is 0 Å². The first kappa shape index (κ1) is 10.4. The van der Waals surface area contributed by atoms with Crippen LogP contribution in [0.3, 0.4) is 0 Å². The van der Waals surface area contributed by atoms with Crippen LogP contribution in [0.25, 0.3) is 11.3 Å². The largest absolute Gasteiger partial charge is 0.464 e. The smallest absolute Gasteiger partial charge is 0.326 e. The molecule has 2 rings (SSSR count). The van der Waals surface area contributed by atoms with E-state index in [-0.39, 0.29) is 5.56 Å². The average molecular weight is 273 g/mol. The van der Waals surface area contributed by atoms with Gasteiger partial charge in [-0.2, -0.15) is 8.78 Å². The lowest BCUT2D eigenvalue weighted by Crippen LogP contribution is -2.01. The monoisotopic (exact) mass is 272 g/mol. The number of halogens is 3. The highest BCUT2D eigenvalue weighted by Gasteiger charge is 2.26. The van der Waals surface area contributed by atoms with Crippen LogP contribution in [0.5, 0.6) is 0 Å². The number of alkyl halides is 3. The highest BCUT2D eigenvalue weighted by molar-refractivity contribution is 9.09. The molecule has 0 aliphatic carbocycles. The molecule has 0 spiro atoms. The zero-order valence-electron chi connectivity index (χ0n) is 7.58. The van der Waals surface area contributed by atoms with Crippen LogP contribution in [-0.2, 0) is 4.83 Å². The minimum absolute atomic E-state index is 0.0715. The minimum atomic E-state index is -2.98. The van der Waals surface area contributed by atoms with Gasteiger partial charge in [0, 0.05) is 11.1 Å². The molecule has 1 aromatic carbocycles. The van der Waals surface area contributed by atoms with E-state index in [0.717, 1.165) is 5.56 Å². The third-order valence-corrected chi connectivity index (χ3v) is 2.48. The van der Waals surface area contributed by atoms with Gasteiger partial charge in [-0.05, 0) is 28.1 Å². The van der Waals surface area contributed by atoms with E-state index in [0.29, 0.717) is 5.76 Å². The molecule has 0 amide bonds. The van der Waals surface area contributed by atoms with Crippen molar-refractivity contribution in [3.05, 3.63) is 48.2 Å². The summed E-state index contributed by atoms with van der Waals surface area (Å²) in [5.41, 5.74) is 0.707. The second-order valence-electron chi connectivity index (χ2n) is 3.05. The minimum Gasteiger partial charge on any atom is -0.464 e. The summed E-state index contributed by atoms with van der Waals surface area (Å²) in [7, 11) is 0. The Kier molecular flexibility index (Phi) is 2.61. The number of furan rings is 1. The zero-order valence-corrected chi connectivity index (χ0v) is 9.17. The van der Waals surface area contributed by atoms with Crippen molar-refractivity contribution in [2.75, 3.05) is 0 Å². The third kappa shape index (κ3) is 2.26. The normalized spacial score (nSPS) is 11.7. The number of hydrogen-bond donors (Lipinski definition) is 0. The van der Waals surface area contributed by atoms with Crippen LogP contribution in [0.4, 0.5) is 8.78 Å². The molecule has 0 bridgehead atoms. The average Bonchev–Trinajstić information content (AvgIpc) is 2.69. The van der Waals surface area contributed by atoms with Crippen molar-refractivity contribution < 1.29 is 13.2 Å². The van der Waals surface area contributed by atoms with Crippen LogP contribution in [0.1, 0.15) is 5.56 Å². The number of rotatable bonds is 2. The van der Waals surface area contributed by atoms with Gasteiger partial charge in [-0.1, -0.05) is 24.3 Å². The summed E-state index contributed by atoms with van der Waals surface area (Å²) in [5.74, 6) is 0.666. The fourth-order valence-corrected chi connectivity index (χ4v) is 1.53. The molecule has 0 saturated carbocycles. The maximum atomic E-state index is 12.8. The molecular weight excluding hydrogens is 266 g/mol. The molecule has 0 aliphatic rings. The molecule has 15 heavy (non-hydrogen) atoms. The summed E-state index contributed by atoms with van der Waals surface area (Å²) >= 11 is 2.30. The summed E-state index contributed by atoms with van der Waals surface area (Å²) in [6.07, 6.45) is 1.54. The molecular formula is C11H7BrF2O. The van der Waals surface area contributed by atoms with Gasteiger partial charge in [-0.3, -0.25) is 0 Å². The highest BCUT2D eigenvalue weighted by Crippen LogP contribution is 2.35. The summed E-state index contributed by atoms with van der Waals surface area (Å²) in [6.45, 7) is 0. The Morgan fingerprint density at radius 1 is 1.07 bits per heavy atom. The van der Waals surface area contributed by atoms with Gasteiger partial charge >= 0.3 is 4.83 Å². The molecule has 78 valence electrons. The quantitative estimate of drug-likeness (QED) is 0.739. The molecule has 2 aromatic rings. The van der Waals surface area contributed by atoms with Crippen molar-refractivity contribution in [2.24, 2.45) is 0 Å². The van der Waals surface area contributed by atoms with Crippen LogP contribution in [0.15, 0.2) is 47.1 Å². The maximum Gasteiger partial charge on any atom is 0.326 e. The van der Waals surface area contributed by atoms with E-state index in [2.05, 4.69) is 15.9 Å². The standard InChI is InChI=1S/C11H7BrF2O/c12-11(13,14)9-5-3-8(4-6-9)10-2-1-7-15-10/h1-7H. The Morgan fingerprint density at radius 3 is 2.20 bits per heavy atom. The first-order chi connectivity index (χ1) is 7.07. The molecule has 1 heterocycles. The first-order valence-electron chi connectivity index (χ1n) is 4.28. The van der Waals surface area contributed by atoms with Crippen molar-refractivity contribution in [3.8, 4) is 11.3 Å². The van der Waals surface area contributed by atoms with Crippen molar-refractivity contribution >= 4 is 15.9 Å². The summed E-state index contributed by atoms with van der Waals surface area (Å²) in [5, 5.41) is 0. The summed E-state index contributed by atoms with van der Waals surface area (Å²) < 4.78 is 30.8. The Balaban J connectivity index is 2.33. The molecule has 0 aliphatic heterocycles. The van der Waals surface area contributed by atoms with Crippen LogP contribution in [-0.4, -0.2) is 0 Å². The Labute approximate surface area is 93.8 Å². The Hall–Kier alpha value is -1.16. The lowest BCUT2D eigenvalue weighted by Gasteiger charge is -2.08. The van der Waals surface area contributed by atoms with E-state index in [9.17, 15) is 8.78 Å². The topological polar surface area (TPSA) is 13.1 Å². The predicted molar refractivity (Wildman–Crippen MR) is 57.0 cm³/mol. The Morgan fingerprint density at radius 2 is 1.73 bits per heavy atom. The van der Waals surface area contributed by atoms with Crippen molar-refractivity contribution in [2.45, 2.75) is 4.83 Å². The SMILES string of the molecule is FC(F)(Br)c1ccc(-c2ccco2)cc1. The molecule has 1 nitrogen and oxygen atoms in total. The van der Waals surface area contributed by atoms with Crippen molar-refractivity contribution in [1.29, 1.82) is 0 Å². The highest BCUT2D eigenvalue weighted by atomic mass is 79.9. The number of hydrogen-bond acceptors (Lipinski definition) is 1. The van der Waals surface area contributed by atoms with Gasteiger partial charge in [-0.15, -0.1) is 0 Å². The van der Waals surface area contributed by atoms with E-state index in [4.69, 9.17) is 4.42 Å². The fourth-order valence-electron chi connectivity index (χ4n) is 1.27. The van der Waals surface area contributed by atoms with Gasteiger partial charge in [0.05, 0.1) is 6.26 Å².